The quantitative estimate of drug-likeness (QED) is 0.219. The minimum Gasteiger partial charge on any atom is -0.465 e. The van der Waals surface area contributed by atoms with Crippen LogP contribution in [0.15, 0.2) is 64.3 Å². The van der Waals surface area contributed by atoms with Crippen molar-refractivity contribution in [3.05, 3.63) is 92.3 Å². The molecule has 1 fully saturated rings. The van der Waals surface area contributed by atoms with Gasteiger partial charge in [0.05, 0.1) is 18.6 Å². The van der Waals surface area contributed by atoms with Crippen LogP contribution in [-0.4, -0.2) is 63.7 Å². The van der Waals surface area contributed by atoms with Crippen molar-refractivity contribution in [2.24, 2.45) is 0 Å². The Kier molecular flexibility index (Phi) is 10.8. The van der Waals surface area contributed by atoms with Crippen LogP contribution >= 0.6 is 0 Å². The summed E-state index contributed by atoms with van der Waals surface area (Å²) in [5.74, 6) is -1.67. The predicted octanol–water partition coefficient (Wildman–Crippen LogP) is 2.24. The molecule has 1 aromatic heterocycles. The first-order valence-electron chi connectivity index (χ1n) is 15.5. The summed E-state index contributed by atoms with van der Waals surface area (Å²) in [6, 6.07) is 16.1. The van der Waals surface area contributed by atoms with Gasteiger partial charge in [0.1, 0.15) is 30.8 Å². The lowest BCUT2D eigenvalue weighted by Gasteiger charge is -2.16. The Morgan fingerprint density at radius 1 is 0.957 bits per heavy atom. The van der Waals surface area contributed by atoms with Gasteiger partial charge < -0.3 is 29.4 Å². The molecule has 1 aliphatic heterocycles. The van der Waals surface area contributed by atoms with E-state index in [2.05, 4.69) is 22.4 Å². The van der Waals surface area contributed by atoms with Gasteiger partial charge >= 0.3 is 17.6 Å². The zero-order valence-corrected chi connectivity index (χ0v) is 25.9. The average Bonchev–Trinajstić information content (AvgIpc) is 3.60. The number of rotatable bonds is 14. The van der Waals surface area contributed by atoms with Gasteiger partial charge in [-0.1, -0.05) is 48.5 Å². The monoisotopic (exact) mass is 647 g/mol. The maximum atomic E-state index is 12.6. The smallest absolute Gasteiger partial charge is 0.330 e. The molecule has 248 valence electrons. The van der Waals surface area contributed by atoms with Crippen molar-refractivity contribution in [3.8, 4) is 11.1 Å². The molecule has 13 heteroatoms. The molecule has 1 unspecified atom stereocenters. The highest BCUT2D eigenvalue weighted by Crippen LogP contribution is 2.44. The SMILES string of the molecule is CC(=O)CCC(=O)OC1C[C@H](n2cc(CNC(=O)CCCC(=O)OCC3c4ccccc4-c4ccccc43)c(=O)[nH]c2=O)O[C@@H]1CO. The number of H-pyrrole nitrogens is 1. The summed E-state index contributed by atoms with van der Waals surface area (Å²) in [7, 11) is 0. The van der Waals surface area contributed by atoms with Gasteiger partial charge in [0.2, 0.25) is 5.91 Å². The molecule has 3 N–H and O–H groups in total. The molecular formula is C34H37N3O10. The Balaban J connectivity index is 1.09. The lowest BCUT2D eigenvalue weighted by atomic mass is 9.98. The van der Waals surface area contributed by atoms with Crippen molar-refractivity contribution >= 4 is 23.6 Å². The lowest BCUT2D eigenvalue weighted by Crippen LogP contribution is -2.36. The largest absolute Gasteiger partial charge is 0.465 e. The van der Waals surface area contributed by atoms with Crippen LogP contribution in [0.25, 0.3) is 11.1 Å². The van der Waals surface area contributed by atoms with Crippen LogP contribution < -0.4 is 16.6 Å². The van der Waals surface area contributed by atoms with E-state index in [0.29, 0.717) is 0 Å². The molecule has 0 bridgehead atoms. The van der Waals surface area contributed by atoms with Gasteiger partial charge in [-0.3, -0.25) is 28.7 Å². The molecule has 0 radical (unpaired) electrons. The van der Waals surface area contributed by atoms with Crippen molar-refractivity contribution in [3.63, 3.8) is 0 Å². The van der Waals surface area contributed by atoms with Gasteiger partial charge in [-0.2, -0.15) is 0 Å². The number of esters is 2. The van der Waals surface area contributed by atoms with Gasteiger partial charge in [-0.25, -0.2) is 4.79 Å². The number of benzene rings is 2. The van der Waals surface area contributed by atoms with Crippen LogP contribution in [0, 0.1) is 0 Å². The number of carbonyl (C=O) groups excluding carboxylic acids is 4. The lowest BCUT2D eigenvalue weighted by molar-refractivity contribution is -0.154. The summed E-state index contributed by atoms with van der Waals surface area (Å²) in [4.78, 5) is 75.5. The van der Waals surface area contributed by atoms with Gasteiger partial charge in [-0.05, 0) is 35.6 Å². The summed E-state index contributed by atoms with van der Waals surface area (Å²) in [5, 5.41) is 12.3. The summed E-state index contributed by atoms with van der Waals surface area (Å²) < 4.78 is 17.8. The number of hydrogen-bond donors (Lipinski definition) is 3. The molecule has 2 heterocycles. The van der Waals surface area contributed by atoms with E-state index < -0.39 is 54.1 Å². The Bertz CT molecular complexity index is 1720. The zero-order valence-electron chi connectivity index (χ0n) is 25.9. The van der Waals surface area contributed by atoms with Crippen molar-refractivity contribution in [1.29, 1.82) is 0 Å². The van der Waals surface area contributed by atoms with Crippen LogP contribution in [0.1, 0.15) is 74.3 Å². The molecule has 0 spiro atoms. The first kappa shape index (κ1) is 33.5. The number of fused-ring (bicyclic) bond motifs is 3. The number of aromatic amines is 1. The molecule has 47 heavy (non-hydrogen) atoms. The average molecular weight is 648 g/mol. The van der Waals surface area contributed by atoms with Crippen molar-refractivity contribution in [1.82, 2.24) is 14.9 Å². The number of carbonyl (C=O) groups is 4. The number of aromatic nitrogens is 2. The molecule has 13 nitrogen and oxygen atoms in total. The molecular weight excluding hydrogens is 610 g/mol. The highest BCUT2D eigenvalue weighted by Gasteiger charge is 2.39. The van der Waals surface area contributed by atoms with Gasteiger partial charge in [0.25, 0.3) is 5.56 Å². The maximum Gasteiger partial charge on any atom is 0.330 e. The third-order valence-corrected chi connectivity index (χ3v) is 8.31. The number of ether oxygens (including phenoxy) is 3. The number of hydrogen-bond acceptors (Lipinski definition) is 10. The van der Waals surface area contributed by atoms with Crippen molar-refractivity contribution in [2.75, 3.05) is 13.2 Å². The third kappa shape index (κ3) is 8.10. The van der Waals surface area contributed by atoms with Crippen LogP contribution in [0.5, 0.6) is 0 Å². The van der Waals surface area contributed by atoms with E-state index in [1.807, 2.05) is 36.4 Å². The second-order valence-electron chi connectivity index (χ2n) is 11.6. The van der Waals surface area contributed by atoms with Gasteiger partial charge in [0, 0.05) is 44.3 Å². The number of aliphatic hydroxyl groups is 1. The molecule has 1 saturated heterocycles. The van der Waals surface area contributed by atoms with E-state index in [1.54, 1.807) is 0 Å². The molecule has 1 aliphatic carbocycles. The molecule has 2 aliphatic rings. The minimum absolute atomic E-state index is 0.0162. The molecule has 5 rings (SSSR count). The van der Waals surface area contributed by atoms with Crippen molar-refractivity contribution in [2.45, 2.75) is 76.3 Å². The normalized spacial score (nSPS) is 18.3. The number of amides is 1. The Morgan fingerprint density at radius 2 is 1.64 bits per heavy atom. The zero-order chi connectivity index (χ0) is 33.5. The van der Waals surface area contributed by atoms with Gasteiger partial charge in [-0.15, -0.1) is 0 Å². The van der Waals surface area contributed by atoms with E-state index in [-0.39, 0.29) is 68.9 Å². The van der Waals surface area contributed by atoms with E-state index in [0.717, 1.165) is 26.8 Å². The van der Waals surface area contributed by atoms with E-state index in [4.69, 9.17) is 14.2 Å². The Labute approximate surface area is 269 Å². The summed E-state index contributed by atoms with van der Waals surface area (Å²) >= 11 is 0. The summed E-state index contributed by atoms with van der Waals surface area (Å²) in [6.07, 6.45) is -1.29. The van der Waals surface area contributed by atoms with Crippen LogP contribution in [0.3, 0.4) is 0 Å². The number of nitrogens with zero attached hydrogens (tertiary/aromatic N) is 1. The van der Waals surface area contributed by atoms with Crippen LogP contribution in [0.2, 0.25) is 0 Å². The fourth-order valence-corrected chi connectivity index (χ4v) is 5.90. The van der Waals surface area contributed by atoms with Crippen LogP contribution in [0.4, 0.5) is 0 Å². The second kappa shape index (κ2) is 15.1. The Hall–Kier alpha value is -4.88. The fraction of sp³-hybridized carbons (Fsp3) is 0.412. The second-order valence-corrected chi connectivity index (χ2v) is 11.6. The first-order chi connectivity index (χ1) is 22.6. The standard InChI is InChI=1S/C34H37N3O10/c1-20(39)13-14-32(42)47-27-15-30(46-28(27)18-38)37-17-21(33(43)36-34(37)44)16-35-29(40)11-6-12-31(41)45-19-26-24-9-4-2-7-22(24)23-8-3-5-10-25(23)26/h2-5,7-10,17,26-28,30,38H,6,11-16,18-19H2,1H3,(H,35,40)(H,36,43,44)/t27?,28-,30-/m1/s1. The molecule has 0 saturated carbocycles. The molecule has 2 aromatic carbocycles. The number of Topliss-reactive ketones (excluding diaryl/α,β-unsaturated/α-hetero) is 1. The summed E-state index contributed by atoms with van der Waals surface area (Å²) in [5.41, 5.74) is 3.08. The predicted molar refractivity (Wildman–Crippen MR) is 167 cm³/mol. The maximum absolute atomic E-state index is 12.6. The van der Waals surface area contributed by atoms with Crippen LogP contribution in [-0.2, 0) is 39.9 Å². The molecule has 3 atom stereocenters. The topological polar surface area (TPSA) is 183 Å². The highest BCUT2D eigenvalue weighted by atomic mass is 16.6. The first-order valence-corrected chi connectivity index (χ1v) is 15.5. The number of nitrogens with one attached hydrogen (secondary N) is 2. The van der Waals surface area contributed by atoms with Crippen molar-refractivity contribution < 1.29 is 38.5 Å². The van der Waals surface area contributed by atoms with Gasteiger partial charge in [0.15, 0.2) is 0 Å². The number of aliphatic hydroxyl groups excluding tert-OH is 1. The van der Waals surface area contributed by atoms with E-state index >= 15 is 0 Å². The fourth-order valence-electron chi connectivity index (χ4n) is 5.90. The minimum atomic E-state index is -0.964. The summed E-state index contributed by atoms with van der Waals surface area (Å²) in [6.45, 7) is 0.871. The molecule has 1 amide bonds. The van der Waals surface area contributed by atoms with E-state index in [1.165, 1.54) is 13.1 Å². The number of ketones is 1. The highest BCUT2D eigenvalue weighted by molar-refractivity contribution is 5.81. The van der Waals surface area contributed by atoms with E-state index in [9.17, 15) is 33.9 Å². The third-order valence-electron chi connectivity index (χ3n) is 8.31. The Morgan fingerprint density at radius 3 is 2.30 bits per heavy atom. The molecule has 3 aromatic rings.